The fourth-order valence-electron chi connectivity index (χ4n) is 3.45. The van der Waals surface area contributed by atoms with Gasteiger partial charge in [-0.15, -0.1) is 0 Å². The lowest BCUT2D eigenvalue weighted by Crippen LogP contribution is -2.11. The SMILES string of the molecule is CN(C)Cc1c(/C=C2/C(=O)Nc3ccc(F)cc32)cc2cccccc1-2. The fourth-order valence-corrected chi connectivity index (χ4v) is 3.45. The summed E-state index contributed by atoms with van der Waals surface area (Å²) in [4.78, 5) is 14.5. The average molecular weight is 346 g/mol. The third-order valence-corrected chi connectivity index (χ3v) is 4.60. The van der Waals surface area contributed by atoms with Gasteiger partial charge >= 0.3 is 0 Å². The van der Waals surface area contributed by atoms with E-state index in [0.717, 1.165) is 28.8 Å². The predicted molar refractivity (Wildman–Crippen MR) is 103 cm³/mol. The molecule has 2 aliphatic carbocycles. The normalized spacial score (nSPS) is 14.9. The number of hydrogen-bond donors (Lipinski definition) is 1. The van der Waals surface area contributed by atoms with Crippen molar-refractivity contribution in [2.45, 2.75) is 6.54 Å². The van der Waals surface area contributed by atoms with Crippen molar-refractivity contribution in [1.82, 2.24) is 4.90 Å². The first-order valence-corrected chi connectivity index (χ1v) is 8.51. The third-order valence-electron chi connectivity index (χ3n) is 4.60. The maximum absolute atomic E-state index is 13.7. The van der Waals surface area contributed by atoms with E-state index in [9.17, 15) is 9.18 Å². The van der Waals surface area contributed by atoms with Crippen molar-refractivity contribution >= 4 is 23.2 Å². The number of benzene rings is 1. The Morgan fingerprint density at radius 2 is 1.85 bits per heavy atom. The quantitative estimate of drug-likeness (QED) is 0.709. The summed E-state index contributed by atoms with van der Waals surface area (Å²) in [7, 11) is 4.04. The molecule has 1 heterocycles. The molecule has 0 radical (unpaired) electrons. The Labute approximate surface area is 152 Å². The van der Waals surface area contributed by atoms with Gasteiger partial charge in [-0.1, -0.05) is 30.3 Å². The second-order valence-corrected chi connectivity index (χ2v) is 6.80. The van der Waals surface area contributed by atoms with Crippen LogP contribution in [0.25, 0.3) is 22.8 Å². The molecule has 4 rings (SSSR count). The number of anilines is 1. The highest BCUT2D eigenvalue weighted by atomic mass is 19.1. The van der Waals surface area contributed by atoms with Gasteiger partial charge in [0.25, 0.3) is 5.91 Å². The molecule has 3 aliphatic rings. The summed E-state index contributed by atoms with van der Waals surface area (Å²) in [5.74, 6) is -0.545. The van der Waals surface area contributed by atoms with Crippen molar-refractivity contribution in [2.75, 3.05) is 19.4 Å². The number of nitrogens with one attached hydrogen (secondary N) is 1. The van der Waals surface area contributed by atoms with Gasteiger partial charge in [-0.05, 0) is 66.7 Å². The Bertz CT molecular complexity index is 1010. The fraction of sp³-hybridized carbons (Fsp3) is 0.136. The molecule has 1 aromatic rings. The van der Waals surface area contributed by atoms with Crippen LogP contribution in [0.4, 0.5) is 10.1 Å². The molecule has 1 amide bonds. The molecular weight excluding hydrogens is 327 g/mol. The van der Waals surface area contributed by atoms with E-state index in [1.165, 1.54) is 12.1 Å². The molecule has 0 saturated heterocycles. The number of halogens is 1. The van der Waals surface area contributed by atoms with Crippen LogP contribution in [0.5, 0.6) is 0 Å². The van der Waals surface area contributed by atoms with Gasteiger partial charge in [-0.3, -0.25) is 4.79 Å². The van der Waals surface area contributed by atoms with E-state index in [1.54, 1.807) is 6.07 Å². The average Bonchev–Trinajstić information content (AvgIpc) is 2.95. The summed E-state index contributed by atoms with van der Waals surface area (Å²) in [5.41, 5.74) is 6.19. The van der Waals surface area contributed by atoms with E-state index < -0.39 is 0 Å². The number of rotatable bonds is 3. The number of nitrogens with zero attached hydrogens (tertiary/aromatic N) is 1. The summed E-state index contributed by atoms with van der Waals surface area (Å²) < 4.78 is 13.7. The molecule has 1 N–H and O–H groups in total. The van der Waals surface area contributed by atoms with E-state index >= 15 is 0 Å². The highest BCUT2D eigenvalue weighted by Crippen LogP contribution is 2.38. The molecule has 26 heavy (non-hydrogen) atoms. The molecule has 0 spiro atoms. The number of hydrogen-bond acceptors (Lipinski definition) is 2. The van der Waals surface area contributed by atoms with E-state index in [1.807, 2.05) is 38.4 Å². The maximum Gasteiger partial charge on any atom is 0.256 e. The number of carbonyl (C=O) groups is 1. The highest BCUT2D eigenvalue weighted by molar-refractivity contribution is 6.35. The lowest BCUT2D eigenvalue weighted by Gasteiger charge is -2.11. The second kappa shape index (κ2) is 6.39. The molecule has 0 bridgehead atoms. The van der Waals surface area contributed by atoms with E-state index in [0.29, 0.717) is 16.8 Å². The molecule has 0 unspecified atom stereocenters. The van der Waals surface area contributed by atoms with Crippen LogP contribution in [-0.2, 0) is 11.3 Å². The lowest BCUT2D eigenvalue weighted by atomic mass is 10.0. The van der Waals surface area contributed by atoms with Crippen molar-refractivity contribution in [3.8, 4) is 11.1 Å². The van der Waals surface area contributed by atoms with Crippen molar-refractivity contribution in [1.29, 1.82) is 0 Å². The Morgan fingerprint density at radius 3 is 2.65 bits per heavy atom. The number of amides is 1. The summed E-state index contributed by atoms with van der Waals surface area (Å²) in [6.45, 7) is 0.754. The Morgan fingerprint density at radius 1 is 1.04 bits per heavy atom. The smallest absolute Gasteiger partial charge is 0.256 e. The first kappa shape index (κ1) is 16.5. The van der Waals surface area contributed by atoms with Crippen LogP contribution in [-0.4, -0.2) is 24.9 Å². The zero-order valence-electron chi connectivity index (χ0n) is 14.7. The summed E-state index contributed by atoms with van der Waals surface area (Å²) >= 11 is 0. The number of carbonyl (C=O) groups excluding carboxylic acids is 1. The van der Waals surface area contributed by atoms with Crippen molar-refractivity contribution < 1.29 is 9.18 Å². The van der Waals surface area contributed by atoms with Gasteiger partial charge in [0.15, 0.2) is 0 Å². The molecule has 3 nitrogen and oxygen atoms in total. The molecular formula is C22H19FN2O. The lowest BCUT2D eigenvalue weighted by molar-refractivity contribution is -0.110. The van der Waals surface area contributed by atoms with Crippen molar-refractivity contribution in [3.63, 3.8) is 0 Å². The molecule has 130 valence electrons. The molecule has 1 aliphatic heterocycles. The second-order valence-electron chi connectivity index (χ2n) is 6.80. The molecule has 0 saturated carbocycles. The van der Waals surface area contributed by atoms with Gasteiger partial charge in [0.05, 0.1) is 0 Å². The van der Waals surface area contributed by atoms with Gasteiger partial charge in [0.2, 0.25) is 0 Å². The summed E-state index contributed by atoms with van der Waals surface area (Å²) in [6.07, 6.45) is 1.87. The third kappa shape index (κ3) is 2.89. The minimum Gasteiger partial charge on any atom is -0.321 e. The van der Waals surface area contributed by atoms with Crippen molar-refractivity contribution in [2.24, 2.45) is 0 Å². The van der Waals surface area contributed by atoms with Gasteiger partial charge in [0.1, 0.15) is 5.82 Å². The molecule has 0 atom stereocenters. The molecule has 1 aromatic carbocycles. The van der Waals surface area contributed by atoms with E-state index in [2.05, 4.69) is 28.4 Å². The van der Waals surface area contributed by atoms with Gasteiger partial charge in [0, 0.05) is 23.4 Å². The minimum atomic E-state index is -0.348. The first-order valence-electron chi connectivity index (χ1n) is 8.51. The topological polar surface area (TPSA) is 32.3 Å². The van der Waals surface area contributed by atoms with Gasteiger partial charge < -0.3 is 10.2 Å². The van der Waals surface area contributed by atoms with Crippen LogP contribution < -0.4 is 5.32 Å². The van der Waals surface area contributed by atoms with Crippen LogP contribution in [0.1, 0.15) is 16.7 Å². The maximum atomic E-state index is 13.7. The largest absolute Gasteiger partial charge is 0.321 e. The Kier molecular flexibility index (Phi) is 4.05. The summed E-state index contributed by atoms with van der Waals surface area (Å²) in [5, 5.41) is 2.81. The molecule has 4 heteroatoms. The van der Waals surface area contributed by atoms with Crippen molar-refractivity contribution in [3.05, 3.63) is 77.1 Å². The standard InChI is InChI=1S/C22H19FN2O/c1-25(2)13-20-15(10-14-6-4-3-5-7-17(14)20)11-19-18-12-16(23)8-9-21(18)24-22(19)26/h3-12H,13H2,1-2H3,(H,24,26)/b19-11+. The van der Waals surface area contributed by atoms with E-state index in [-0.39, 0.29) is 11.7 Å². The molecule has 0 fully saturated rings. The monoisotopic (exact) mass is 346 g/mol. The van der Waals surface area contributed by atoms with Gasteiger partial charge in [-0.2, -0.15) is 0 Å². The number of fused-ring (bicyclic) bond motifs is 2. The van der Waals surface area contributed by atoms with E-state index in [4.69, 9.17) is 0 Å². The van der Waals surface area contributed by atoms with Crippen LogP contribution >= 0.6 is 0 Å². The zero-order chi connectivity index (χ0) is 18.3. The zero-order valence-corrected chi connectivity index (χ0v) is 14.7. The highest BCUT2D eigenvalue weighted by Gasteiger charge is 2.25. The van der Waals surface area contributed by atoms with Crippen LogP contribution in [0.3, 0.4) is 0 Å². The Hall–Kier alpha value is -2.98. The summed E-state index contributed by atoms with van der Waals surface area (Å²) in [6, 6.07) is 16.6. The Balaban J connectivity index is 1.90. The predicted octanol–water partition coefficient (Wildman–Crippen LogP) is 4.48. The van der Waals surface area contributed by atoms with Crippen LogP contribution in [0, 0.1) is 5.82 Å². The molecule has 0 aromatic heterocycles. The van der Waals surface area contributed by atoms with Crippen LogP contribution in [0.2, 0.25) is 0 Å². The van der Waals surface area contributed by atoms with Gasteiger partial charge in [-0.25, -0.2) is 4.39 Å². The first-order chi connectivity index (χ1) is 12.5. The van der Waals surface area contributed by atoms with Crippen LogP contribution in [0.15, 0.2) is 54.6 Å². The minimum absolute atomic E-state index is 0.197.